The van der Waals surface area contributed by atoms with Crippen molar-refractivity contribution >= 4 is 28.4 Å². The number of carbonyl (C=O) groups is 2. The highest BCUT2D eigenvalue weighted by Gasteiger charge is 2.26. The van der Waals surface area contributed by atoms with Gasteiger partial charge in [-0.3, -0.25) is 14.2 Å². The van der Waals surface area contributed by atoms with E-state index >= 15 is 0 Å². The zero-order chi connectivity index (χ0) is 16.5. The van der Waals surface area contributed by atoms with Gasteiger partial charge < -0.3 is 10.6 Å². The summed E-state index contributed by atoms with van der Waals surface area (Å²) in [6.45, 7) is 1.47. The van der Waals surface area contributed by atoms with Crippen molar-refractivity contribution < 1.29 is 9.59 Å². The lowest BCUT2D eigenvalue weighted by molar-refractivity contribution is -0.112. The van der Waals surface area contributed by atoms with Crippen molar-refractivity contribution in [3.8, 4) is 0 Å². The number of hydrogen-bond donors (Lipinski definition) is 2. The van der Waals surface area contributed by atoms with Crippen LogP contribution in [0, 0.1) is 0 Å². The summed E-state index contributed by atoms with van der Waals surface area (Å²) >= 11 is 0. The summed E-state index contributed by atoms with van der Waals surface area (Å²) in [7, 11) is 0. The second kappa shape index (κ2) is 5.94. The number of nitrogens with zero attached hydrogens (tertiary/aromatic N) is 1. The van der Waals surface area contributed by atoms with Crippen LogP contribution in [0.4, 0.5) is 5.69 Å². The number of amides is 1. The maximum Gasteiger partial charge on any atom is 0.321 e. The summed E-state index contributed by atoms with van der Waals surface area (Å²) in [5.41, 5.74) is 3.44. The van der Waals surface area contributed by atoms with Gasteiger partial charge in [-0.25, -0.2) is 0 Å². The fourth-order valence-electron chi connectivity index (χ4n) is 3.28. The van der Waals surface area contributed by atoms with Crippen LogP contribution in [0.3, 0.4) is 0 Å². The lowest BCUT2D eigenvalue weighted by Crippen LogP contribution is -2.32. The van der Waals surface area contributed by atoms with E-state index in [1.54, 1.807) is 16.7 Å². The molecule has 0 spiro atoms. The van der Waals surface area contributed by atoms with E-state index in [-0.39, 0.29) is 0 Å². The SMILES string of the molecule is O=C(Nc1ccccc1)C(=O)n1c2c(c3ccccc31)CCNC2. The van der Waals surface area contributed by atoms with Gasteiger partial charge in [0.05, 0.1) is 5.52 Å². The number of benzene rings is 2. The van der Waals surface area contributed by atoms with Gasteiger partial charge in [0.15, 0.2) is 0 Å². The molecule has 1 aliphatic rings. The molecule has 0 saturated heterocycles. The molecule has 0 saturated carbocycles. The van der Waals surface area contributed by atoms with E-state index < -0.39 is 11.8 Å². The van der Waals surface area contributed by atoms with E-state index in [0.29, 0.717) is 12.2 Å². The number of para-hydroxylation sites is 2. The molecule has 5 nitrogen and oxygen atoms in total. The van der Waals surface area contributed by atoms with Crippen molar-refractivity contribution in [2.75, 3.05) is 11.9 Å². The number of carbonyl (C=O) groups excluding carboxylic acids is 2. The van der Waals surface area contributed by atoms with Crippen LogP contribution in [0.2, 0.25) is 0 Å². The zero-order valence-corrected chi connectivity index (χ0v) is 13.1. The van der Waals surface area contributed by atoms with Crippen LogP contribution in [0.5, 0.6) is 0 Å². The molecule has 4 rings (SSSR count). The number of fused-ring (bicyclic) bond motifs is 3. The third kappa shape index (κ3) is 2.39. The molecule has 0 radical (unpaired) electrons. The minimum Gasteiger partial charge on any atom is -0.318 e. The maximum absolute atomic E-state index is 12.8. The molecular formula is C19H17N3O2. The Kier molecular flexibility index (Phi) is 3.63. The van der Waals surface area contributed by atoms with Gasteiger partial charge in [0.2, 0.25) is 0 Å². The van der Waals surface area contributed by atoms with Crippen molar-refractivity contribution in [1.29, 1.82) is 0 Å². The van der Waals surface area contributed by atoms with E-state index in [2.05, 4.69) is 10.6 Å². The molecule has 2 heterocycles. The first-order valence-corrected chi connectivity index (χ1v) is 7.98. The van der Waals surface area contributed by atoms with Crippen LogP contribution in [-0.4, -0.2) is 22.9 Å². The van der Waals surface area contributed by atoms with Gasteiger partial charge in [-0.2, -0.15) is 0 Å². The van der Waals surface area contributed by atoms with Crippen molar-refractivity contribution in [3.63, 3.8) is 0 Å². The highest BCUT2D eigenvalue weighted by Crippen LogP contribution is 2.28. The molecule has 1 amide bonds. The molecule has 5 heteroatoms. The van der Waals surface area contributed by atoms with Crippen molar-refractivity contribution in [3.05, 3.63) is 65.9 Å². The topological polar surface area (TPSA) is 63.1 Å². The standard InChI is InChI=1S/C19H17N3O2/c23-18(21-13-6-2-1-3-7-13)19(24)22-16-9-5-4-8-14(16)15-10-11-20-12-17(15)22/h1-9,20H,10-12H2,(H,21,23). The predicted molar refractivity (Wildman–Crippen MR) is 93.0 cm³/mol. The predicted octanol–water partition coefficient (Wildman–Crippen LogP) is 2.57. The molecule has 24 heavy (non-hydrogen) atoms. The van der Waals surface area contributed by atoms with Crippen LogP contribution in [-0.2, 0) is 17.8 Å². The van der Waals surface area contributed by atoms with Gasteiger partial charge >= 0.3 is 11.8 Å². The molecule has 3 aromatic rings. The fourth-order valence-corrected chi connectivity index (χ4v) is 3.28. The molecule has 2 N–H and O–H groups in total. The lowest BCUT2D eigenvalue weighted by Gasteiger charge is -2.16. The Bertz CT molecular complexity index is 928. The summed E-state index contributed by atoms with van der Waals surface area (Å²) in [6, 6.07) is 16.8. The highest BCUT2D eigenvalue weighted by molar-refractivity contribution is 6.41. The first-order chi connectivity index (χ1) is 11.8. The molecular weight excluding hydrogens is 302 g/mol. The molecule has 0 bridgehead atoms. The van der Waals surface area contributed by atoms with E-state index in [0.717, 1.165) is 35.1 Å². The van der Waals surface area contributed by atoms with Crippen LogP contribution in [0.15, 0.2) is 54.6 Å². The Morgan fingerprint density at radius 3 is 2.58 bits per heavy atom. The molecule has 1 aromatic heterocycles. The van der Waals surface area contributed by atoms with Gasteiger partial charge in [0, 0.05) is 23.3 Å². The minimum atomic E-state index is -0.629. The van der Waals surface area contributed by atoms with Crippen LogP contribution >= 0.6 is 0 Å². The second-order valence-electron chi connectivity index (χ2n) is 5.83. The molecule has 2 aromatic carbocycles. The van der Waals surface area contributed by atoms with Gasteiger partial charge in [0.25, 0.3) is 0 Å². The van der Waals surface area contributed by atoms with Crippen molar-refractivity contribution in [1.82, 2.24) is 9.88 Å². The quantitative estimate of drug-likeness (QED) is 0.678. The largest absolute Gasteiger partial charge is 0.321 e. The third-order valence-electron chi connectivity index (χ3n) is 4.36. The lowest BCUT2D eigenvalue weighted by atomic mass is 10.1. The van der Waals surface area contributed by atoms with Crippen molar-refractivity contribution in [2.24, 2.45) is 0 Å². The van der Waals surface area contributed by atoms with Gasteiger partial charge in [-0.05, 0) is 36.7 Å². The minimum absolute atomic E-state index is 0.556. The van der Waals surface area contributed by atoms with E-state index in [4.69, 9.17) is 0 Å². The summed E-state index contributed by atoms with van der Waals surface area (Å²) in [5.74, 6) is -1.18. The molecule has 1 aliphatic heterocycles. The Balaban J connectivity index is 1.76. The van der Waals surface area contributed by atoms with Gasteiger partial charge in [-0.15, -0.1) is 0 Å². The highest BCUT2D eigenvalue weighted by atomic mass is 16.2. The van der Waals surface area contributed by atoms with Crippen molar-refractivity contribution in [2.45, 2.75) is 13.0 Å². The average molecular weight is 319 g/mol. The third-order valence-corrected chi connectivity index (χ3v) is 4.36. The summed E-state index contributed by atoms with van der Waals surface area (Å²) < 4.78 is 1.55. The van der Waals surface area contributed by atoms with E-state index in [9.17, 15) is 9.59 Å². The second-order valence-corrected chi connectivity index (χ2v) is 5.83. The Morgan fingerprint density at radius 1 is 1.00 bits per heavy atom. The average Bonchev–Trinajstić information content (AvgIpc) is 2.96. The number of rotatable bonds is 1. The fraction of sp³-hybridized carbons (Fsp3) is 0.158. The van der Waals surface area contributed by atoms with Gasteiger partial charge in [-0.1, -0.05) is 36.4 Å². The number of aromatic nitrogens is 1. The Morgan fingerprint density at radius 2 is 1.75 bits per heavy atom. The molecule has 0 aliphatic carbocycles. The van der Waals surface area contributed by atoms with E-state index in [1.165, 1.54) is 0 Å². The monoisotopic (exact) mass is 319 g/mol. The Hall–Kier alpha value is -2.92. The normalized spacial score (nSPS) is 13.5. The Labute approximate surface area is 139 Å². The number of nitrogens with one attached hydrogen (secondary N) is 2. The van der Waals surface area contributed by atoms with Gasteiger partial charge in [0.1, 0.15) is 0 Å². The molecule has 0 unspecified atom stereocenters. The molecule has 0 atom stereocenters. The van der Waals surface area contributed by atoms with E-state index in [1.807, 2.05) is 42.5 Å². The first-order valence-electron chi connectivity index (χ1n) is 7.98. The number of anilines is 1. The van der Waals surface area contributed by atoms with Crippen LogP contribution in [0.1, 0.15) is 16.1 Å². The maximum atomic E-state index is 12.8. The van der Waals surface area contributed by atoms with Crippen LogP contribution < -0.4 is 10.6 Å². The summed E-state index contributed by atoms with van der Waals surface area (Å²) in [5, 5.41) is 7.00. The molecule has 0 fully saturated rings. The summed E-state index contributed by atoms with van der Waals surface area (Å²) in [6.07, 6.45) is 0.858. The first kappa shape index (κ1) is 14.7. The zero-order valence-electron chi connectivity index (χ0n) is 13.1. The number of hydrogen-bond acceptors (Lipinski definition) is 3. The van der Waals surface area contributed by atoms with Crippen LogP contribution in [0.25, 0.3) is 10.9 Å². The summed E-state index contributed by atoms with van der Waals surface area (Å²) in [4.78, 5) is 25.3. The smallest absolute Gasteiger partial charge is 0.318 e. The molecule has 120 valence electrons.